The molecule has 0 radical (unpaired) electrons. The SMILES string of the molecule is Cc1ccccc1COc1c(C)cccc1N. The summed E-state index contributed by atoms with van der Waals surface area (Å²) >= 11 is 0. The van der Waals surface area contributed by atoms with E-state index in [-0.39, 0.29) is 0 Å². The maximum Gasteiger partial charge on any atom is 0.145 e. The summed E-state index contributed by atoms with van der Waals surface area (Å²) in [6.07, 6.45) is 0. The normalized spacial score (nSPS) is 10.2. The van der Waals surface area contributed by atoms with Crippen molar-refractivity contribution in [3.63, 3.8) is 0 Å². The number of hydrogen-bond donors (Lipinski definition) is 1. The third kappa shape index (κ3) is 2.59. The lowest BCUT2D eigenvalue weighted by molar-refractivity contribution is 0.305. The lowest BCUT2D eigenvalue weighted by Crippen LogP contribution is -2.01. The maximum atomic E-state index is 5.90. The minimum atomic E-state index is 0.557. The molecule has 0 aromatic heterocycles. The van der Waals surface area contributed by atoms with Crippen molar-refractivity contribution in [1.29, 1.82) is 0 Å². The van der Waals surface area contributed by atoms with Crippen molar-refractivity contribution in [1.82, 2.24) is 0 Å². The molecule has 0 saturated carbocycles. The van der Waals surface area contributed by atoms with Crippen LogP contribution in [0.4, 0.5) is 5.69 Å². The van der Waals surface area contributed by atoms with Crippen molar-refractivity contribution < 1.29 is 4.74 Å². The van der Waals surface area contributed by atoms with Crippen LogP contribution in [0.1, 0.15) is 16.7 Å². The summed E-state index contributed by atoms with van der Waals surface area (Å²) in [4.78, 5) is 0. The molecule has 2 heteroatoms. The molecule has 0 spiro atoms. The van der Waals surface area contributed by atoms with Crippen molar-refractivity contribution in [2.45, 2.75) is 20.5 Å². The van der Waals surface area contributed by atoms with Gasteiger partial charge in [0.25, 0.3) is 0 Å². The number of nitrogen functional groups attached to an aromatic ring is 1. The molecular formula is C15H17NO. The van der Waals surface area contributed by atoms with Crippen LogP contribution >= 0.6 is 0 Å². The standard InChI is InChI=1S/C15H17NO/c1-11-6-3-4-8-13(11)10-17-15-12(2)7-5-9-14(15)16/h3-9H,10,16H2,1-2H3. The molecule has 88 valence electrons. The Bertz CT molecular complexity index is 500. The zero-order valence-electron chi connectivity index (χ0n) is 10.2. The van der Waals surface area contributed by atoms with Gasteiger partial charge in [-0.15, -0.1) is 0 Å². The van der Waals surface area contributed by atoms with E-state index in [1.807, 2.05) is 37.3 Å². The zero-order valence-corrected chi connectivity index (χ0v) is 10.2. The highest BCUT2D eigenvalue weighted by atomic mass is 16.5. The Labute approximate surface area is 102 Å². The van der Waals surface area contributed by atoms with Crippen molar-refractivity contribution in [2.75, 3.05) is 5.73 Å². The van der Waals surface area contributed by atoms with Gasteiger partial charge in [-0.3, -0.25) is 0 Å². The minimum Gasteiger partial charge on any atom is -0.486 e. The first-order valence-corrected chi connectivity index (χ1v) is 5.71. The quantitative estimate of drug-likeness (QED) is 0.815. The van der Waals surface area contributed by atoms with Gasteiger partial charge in [0.1, 0.15) is 12.4 Å². The molecule has 2 aromatic rings. The third-order valence-electron chi connectivity index (χ3n) is 2.88. The van der Waals surface area contributed by atoms with Crippen molar-refractivity contribution >= 4 is 5.69 Å². The molecule has 0 unspecified atom stereocenters. The second-order valence-electron chi connectivity index (χ2n) is 4.21. The predicted octanol–water partition coefficient (Wildman–Crippen LogP) is 3.46. The van der Waals surface area contributed by atoms with Crippen LogP contribution in [0.5, 0.6) is 5.75 Å². The highest BCUT2D eigenvalue weighted by Gasteiger charge is 2.05. The second kappa shape index (κ2) is 4.91. The third-order valence-corrected chi connectivity index (χ3v) is 2.88. The number of hydrogen-bond acceptors (Lipinski definition) is 2. The first kappa shape index (κ1) is 11.5. The highest BCUT2D eigenvalue weighted by molar-refractivity contribution is 5.56. The van der Waals surface area contributed by atoms with Crippen molar-refractivity contribution in [3.05, 3.63) is 59.2 Å². The smallest absolute Gasteiger partial charge is 0.145 e. The summed E-state index contributed by atoms with van der Waals surface area (Å²) in [5.74, 6) is 0.788. The molecule has 0 saturated heterocycles. The minimum absolute atomic E-state index is 0.557. The number of ether oxygens (including phenoxy) is 1. The Morgan fingerprint density at radius 1 is 0.941 bits per heavy atom. The average Bonchev–Trinajstić information content (AvgIpc) is 2.30. The molecule has 0 heterocycles. The van der Waals surface area contributed by atoms with Crippen LogP contribution in [0.3, 0.4) is 0 Å². The average molecular weight is 227 g/mol. The Balaban J connectivity index is 2.16. The van der Waals surface area contributed by atoms with E-state index in [1.54, 1.807) is 0 Å². The molecule has 0 aliphatic heterocycles. The van der Waals surface area contributed by atoms with E-state index in [0.29, 0.717) is 12.3 Å². The summed E-state index contributed by atoms with van der Waals surface area (Å²) in [7, 11) is 0. The topological polar surface area (TPSA) is 35.2 Å². The van der Waals surface area contributed by atoms with Gasteiger partial charge in [-0.2, -0.15) is 0 Å². The van der Waals surface area contributed by atoms with E-state index in [9.17, 15) is 0 Å². The molecule has 0 aliphatic rings. The fourth-order valence-corrected chi connectivity index (χ4v) is 1.79. The van der Waals surface area contributed by atoms with Gasteiger partial charge in [0, 0.05) is 0 Å². The molecule has 0 atom stereocenters. The Hall–Kier alpha value is -1.96. The van der Waals surface area contributed by atoms with E-state index in [2.05, 4.69) is 19.1 Å². The lowest BCUT2D eigenvalue weighted by atomic mass is 10.1. The second-order valence-corrected chi connectivity index (χ2v) is 4.21. The van der Waals surface area contributed by atoms with Gasteiger partial charge in [-0.1, -0.05) is 36.4 Å². The van der Waals surface area contributed by atoms with Crippen LogP contribution in [-0.4, -0.2) is 0 Å². The number of para-hydroxylation sites is 1. The van der Waals surface area contributed by atoms with Crippen molar-refractivity contribution in [2.24, 2.45) is 0 Å². The van der Waals surface area contributed by atoms with Crippen LogP contribution in [0.15, 0.2) is 42.5 Å². The molecular weight excluding hydrogens is 210 g/mol. The van der Waals surface area contributed by atoms with Gasteiger partial charge in [0.15, 0.2) is 0 Å². The number of aryl methyl sites for hydroxylation is 2. The monoisotopic (exact) mass is 227 g/mol. The van der Waals surface area contributed by atoms with Gasteiger partial charge in [-0.25, -0.2) is 0 Å². The first-order valence-electron chi connectivity index (χ1n) is 5.71. The highest BCUT2D eigenvalue weighted by Crippen LogP contribution is 2.26. The molecule has 2 N–H and O–H groups in total. The number of anilines is 1. The Morgan fingerprint density at radius 2 is 1.65 bits per heavy atom. The molecule has 0 fully saturated rings. The largest absolute Gasteiger partial charge is 0.486 e. The van der Waals surface area contributed by atoms with Crippen molar-refractivity contribution in [3.8, 4) is 5.75 Å². The molecule has 2 aromatic carbocycles. The van der Waals surface area contributed by atoms with Gasteiger partial charge >= 0.3 is 0 Å². The number of benzene rings is 2. The fourth-order valence-electron chi connectivity index (χ4n) is 1.79. The molecule has 0 aliphatic carbocycles. The van der Waals surface area contributed by atoms with Crippen LogP contribution in [0, 0.1) is 13.8 Å². The predicted molar refractivity (Wildman–Crippen MR) is 71.1 cm³/mol. The summed E-state index contributed by atoms with van der Waals surface area (Å²) in [5, 5.41) is 0. The lowest BCUT2D eigenvalue weighted by Gasteiger charge is -2.12. The molecule has 2 nitrogen and oxygen atoms in total. The molecule has 2 rings (SSSR count). The van der Waals surface area contributed by atoms with Gasteiger partial charge in [0.05, 0.1) is 5.69 Å². The summed E-state index contributed by atoms with van der Waals surface area (Å²) < 4.78 is 5.81. The van der Waals surface area contributed by atoms with E-state index in [1.165, 1.54) is 11.1 Å². The Kier molecular flexibility index (Phi) is 3.33. The summed E-state index contributed by atoms with van der Waals surface area (Å²) in [6, 6.07) is 14.0. The van der Waals surface area contributed by atoms with Crippen LogP contribution in [-0.2, 0) is 6.61 Å². The Morgan fingerprint density at radius 3 is 2.35 bits per heavy atom. The van der Waals surface area contributed by atoms with E-state index in [0.717, 1.165) is 11.3 Å². The van der Waals surface area contributed by atoms with Crippen LogP contribution in [0.25, 0.3) is 0 Å². The van der Waals surface area contributed by atoms with Gasteiger partial charge in [0.2, 0.25) is 0 Å². The van der Waals surface area contributed by atoms with Crippen LogP contribution in [0.2, 0.25) is 0 Å². The number of nitrogens with two attached hydrogens (primary N) is 1. The van der Waals surface area contributed by atoms with Crippen LogP contribution < -0.4 is 10.5 Å². The van der Waals surface area contributed by atoms with Gasteiger partial charge in [-0.05, 0) is 36.6 Å². The van der Waals surface area contributed by atoms with E-state index in [4.69, 9.17) is 10.5 Å². The van der Waals surface area contributed by atoms with Gasteiger partial charge < -0.3 is 10.5 Å². The molecule has 0 bridgehead atoms. The van der Waals surface area contributed by atoms with E-state index >= 15 is 0 Å². The fraction of sp³-hybridized carbons (Fsp3) is 0.200. The molecule has 0 amide bonds. The summed E-state index contributed by atoms with van der Waals surface area (Å²) in [6.45, 7) is 4.64. The summed E-state index contributed by atoms with van der Waals surface area (Å²) in [5.41, 5.74) is 10.1. The first-order chi connectivity index (χ1) is 8.18. The maximum absolute atomic E-state index is 5.90. The molecule has 17 heavy (non-hydrogen) atoms. The van der Waals surface area contributed by atoms with E-state index < -0.39 is 0 Å². The zero-order chi connectivity index (χ0) is 12.3. The number of rotatable bonds is 3.